The van der Waals surface area contributed by atoms with Crippen LogP contribution in [0.25, 0.3) is 4.85 Å². The van der Waals surface area contributed by atoms with Crippen molar-refractivity contribution in [3.8, 4) is 0 Å². The topological polar surface area (TPSA) is 30.4 Å². The summed E-state index contributed by atoms with van der Waals surface area (Å²) < 4.78 is 0. The Morgan fingerprint density at radius 1 is 1.25 bits per heavy atom. The van der Waals surface area contributed by atoms with Crippen LogP contribution >= 0.6 is 0 Å². The minimum atomic E-state index is -0.619. The summed E-state index contributed by atoms with van der Waals surface area (Å²) in [5, 5.41) is 0. The highest BCUT2D eigenvalue weighted by atomic mass is 15.0. The quantitative estimate of drug-likeness (QED) is 0.479. The van der Waals surface area contributed by atoms with E-state index in [0.717, 1.165) is 12.8 Å². The van der Waals surface area contributed by atoms with Crippen LogP contribution in [0.4, 0.5) is 0 Å². The first kappa shape index (κ1) is 11.4. The van der Waals surface area contributed by atoms with Gasteiger partial charge in [0.25, 0.3) is 5.66 Å². The van der Waals surface area contributed by atoms with Crippen LogP contribution in [0.15, 0.2) is 0 Å². The van der Waals surface area contributed by atoms with Crippen molar-refractivity contribution in [3.63, 3.8) is 0 Å². The zero-order chi connectivity index (χ0) is 9.45. The molecule has 0 aromatic rings. The Morgan fingerprint density at radius 3 is 2.33 bits per heavy atom. The van der Waals surface area contributed by atoms with Crippen LogP contribution in [-0.4, -0.2) is 5.66 Å². The fraction of sp³-hybridized carbons (Fsp3) is 0.900. The van der Waals surface area contributed by atoms with E-state index in [0.29, 0.717) is 0 Å². The van der Waals surface area contributed by atoms with E-state index in [1.165, 1.54) is 25.7 Å². The maximum Gasteiger partial charge on any atom is 0.280 e. The molecule has 2 heteroatoms. The fourth-order valence-electron chi connectivity index (χ4n) is 1.14. The Morgan fingerprint density at radius 2 is 1.83 bits per heavy atom. The number of rotatable bonds is 6. The van der Waals surface area contributed by atoms with Crippen molar-refractivity contribution in [2.24, 2.45) is 5.73 Å². The van der Waals surface area contributed by atoms with E-state index in [4.69, 9.17) is 12.3 Å². The minimum absolute atomic E-state index is 0.619. The number of unbranched alkanes of at least 4 members (excludes halogenated alkanes) is 4. The Kier molecular flexibility index (Phi) is 5.74. The second-order valence-corrected chi connectivity index (χ2v) is 3.63. The van der Waals surface area contributed by atoms with Crippen LogP contribution in [0, 0.1) is 6.57 Å². The molecule has 0 heterocycles. The third-order valence-electron chi connectivity index (χ3n) is 2.04. The average Bonchev–Trinajstić information content (AvgIpc) is 2.04. The molecule has 1 unspecified atom stereocenters. The van der Waals surface area contributed by atoms with Gasteiger partial charge in [0, 0.05) is 13.3 Å². The summed E-state index contributed by atoms with van der Waals surface area (Å²) in [5.41, 5.74) is 5.06. The molecule has 1 atom stereocenters. The number of nitrogens with two attached hydrogens (primary N) is 1. The summed E-state index contributed by atoms with van der Waals surface area (Å²) in [6.07, 6.45) is 7.00. The largest absolute Gasteiger partial charge is 0.293 e. The lowest BCUT2D eigenvalue weighted by Gasteiger charge is -2.09. The molecule has 0 bridgehead atoms. The van der Waals surface area contributed by atoms with E-state index in [2.05, 4.69) is 11.8 Å². The molecule has 2 nitrogen and oxygen atoms in total. The van der Waals surface area contributed by atoms with E-state index in [1.54, 1.807) is 6.92 Å². The zero-order valence-corrected chi connectivity index (χ0v) is 8.27. The van der Waals surface area contributed by atoms with Gasteiger partial charge in [-0.15, -0.1) is 0 Å². The standard InChI is InChI=1S/C10H20N2/c1-4-5-6-7-8-9-10(2,11)12-3/h4-9,11H2,1-2H3. The van der Waals surface area contributed by atoms with Crippen molar-refractivity contribution in [1.29, 1.82) is 0 Å². The third-order valence-corrected chi connectivity index (χ3v) is 2.04. The molecule has 0 fully saturated rings. The SMILES string of the molecule is [C-]#[N+]C(C)(N)CCCCCCC. The Bertz CT molecular complexity index is 144. The van der Waals surface area contributed by atoms with Gasteiger partial charge in [0.1, 0.15) is 0 Å². The van der Waals surface area contributed by atoms with Gasteiger partial charge in [-0.3, -0.25) is 10.6 Å². The van der Waals surface area contributed by atoms with Gasteiger partial charge < -0.3 is 0 Å². The second-order valence-electron chi connectivity index (χ2n) is 3.63. The smallest absolute Gasteiger partial charge is 0.280 e. The van der Waals surface area contributed by atoms with Gasteiger partial charge in [0.2, 0.25) is 0 Å². The first-order valence-electron chi connectivity index (χ1n) is 4.80. The van der Waals surface area contributed by atoms with Crippen molar-refractivity contribution >= 4 is 0 Å². The fourth-order valence-corrected chi connectivity index (χ4v) is 1.14. The highest BCUT2D eigenvalue weighted by Gasteiger charge is 2.21. The molecule has 2 N–H and O–H groups in total. The van der Waals surface area contributed by atoms with Gasteiger partial charge >= 0.3 is 0 Å². The van der Waals surface area contributed by atoms with Crippen molar-refractivity contribution in [2.45, 2.75) is 58.0 Å². The second kappa shape index (κ2) is 6.02. The van der Waals surface area contributed by atoms with E-state index in [9.17, 15) is 0 Å². The van der Waals surface area contributed by atoms with Crippen molar-refractivity contribution < 1.29 is 0 Å². The van der Waals surface area contributed by atoms with Gasteiger partial charge in [0.05, 0.1) is 0 Å². The van der Waals surface area contributed by atoms with E-state index in [-0.39, 0.29) is 0 Å². The van der Waals surface area contributed by atoms with Crippen LogP contribution in [0.1, 0.15) is 52.4 Å². The van der Waals surface area contributed by atoms with Crippen LogP contribution in [0.5, 0.6) is 0 Å². The maximum absolute atomic E-state index is 6.82. The summed E-state index contributed by atoms with van der Waals surface area (Å²) in [5.74, 6) is 0. The molecule has 0 spiro atoms. The molecule has 0 aromatic heterocycles. The highest BCUT2D eigenvalue weighted by molar-refractivity contribution is 4.87. The van der Waals surface area contributed by atoms with Crippen LogP contribution in [-0.2, 0) is 0 Å². The monoisotopic (exact) mass is 168 g/mol. The molecule has 12 heavy (non-hydrogen) atoms. The maximum atomic E-state index is 6.82. The Labute approximate surface area is 76.0 Å². The number of hydrogen-bond acceptors (Lipinski definition) is 1. The number of hydrogen-bond donors (Lipinski definition) is 1. The first-order chi connectivity index (χ1) is 5.62. The Hall–Kier alpha value is -0.550. The lowest BCUT2D eigenvalue weighted by molar-refractivity contribution is 0.482. The van der Waals surface area contributed by atoms with Gasteiger partial charge in [-0.1, -0.05) is 32.6 Å². The number of nitrogens with zero attached hydrogens (tertiary/aromatic N) is 1. The van der Waals surface area contributed by atoms with Crippen molar-refractivity contribution in [3.05, 3.63) is 11.4 Å². The summed E-state index contributed by atoms with van der Waals surface area (Å²) in [4.78, 5) is 3.37. The summed E-state index contributed by atoms with van der Waals surface area (Å²) in [6, 6.07) is 0. The molecular weight excluding hydrogens is 148 g/mol. The van der Waals surface area contributed by atoms with Crippen LogP contribution in [0.2, 0.25) is 0 Å². The Balaban J connectivity index is 3.27. The summed E-state index contributed by atoms with van der Waals surface area (Å²) >= 11 is 0. The van der Waals surface area contributed by atoms with E-state index >= 15 is 0 Å². The molecule has 0 saturated heterocycles. The molecule has 70 valence electrons. The first-order valence-corrected chi connectivity index (χ1v) is 4.80. The molecule has 0 aliphatic heterocycles. The summed E-state index contributed by atoms with van der Waals surface area (Å²) in [7, 11) is 0. The molecule has 0 aromatic carbocycles. The molecular formula is C10H20N2. The van der Waals surface area contributed by atoms with Crippen molar-refractivity contribution in [2.75, 3.05) is 0 Å². The molecule has 0 rings (SSSR count). The highest BCUT2D eigenvalue weighted by Crippen LogP contribution is 2.13. The van der Waals surface area contributed by atoms with E-state index in [1.807, 2.05) is 0 Å². The third kappa shape index (κ3) is 6.18. The molecule has 0 aliphatic carbocycles. The van der Waals surface area contributed by atoms with Gasteiger partial charge in [0.15, 0.2) is 0 Å². The van der Waals surface area contributed by atoms with E-state index < -0.39 is 5.66 Å². The lowest BCUT2D eigenvalue weighted by Crippen LogP contribution is -2.31. The molecule has 0 aliphatic rings. The van der Waals surface area contributed by atoms with Crippen molar-refractivity contribution in [1.82, 2.24) is 0 Å². The van der Waals surface area contributed by atoms with Gasteiger partial charge in [-0.25, -0.2) is 6.57 Å². The molecule has 0 radical (unpaired) electrons. The minimum Gasteiger partial charge on any atom is -0.293 e. The molecule has 0 amide bonds. The zero-order valence-electron chi connectivity index (χ0n) is 8.27. The van der Waals surface area contributed by atoms with Gasteiger partial charge in [-0.05, 0) is 6.42 Å². The normalized spacial score (nSPS) is 15.2. The predicted molar refractivity (Wildman–Crippen MR) is 52.6 cm³/mol. The average molecular weight is 168 g/mol. The van der Waals surface area contributed by atoms with Crippen LogP contribution in [0.3, 0.4) is 0 Å². The lowest BCUT2D eigenvalue weighted by atomic mass is 10.0. The predicted octanol–water partition coefficient (Wildman–Crippen LogP) is 2.94. The summed E-state index contributed by atoms with van der Waals surface area (Å²) in [6.45, 7) is 10.8. The molecule has 0 saturated carbocycles. The van der Waals surface area contributed by atoms with Crippen LogP contribution < -0.4 is 5.73 Å². The van der Waals surface area contributed by atoms with Gasteiger partial charge in [-0.2, -0.15) is 0 Å².